The predicted molar refractivity (Wildman–Crippen MR) is 133 cm³/mol. The molecule has 0 aliphatic carbocycles. The second-order valence-corrected chi connectivity index (χ2v) is 9.57. The number of carbonyl (C=O) groups excluding carboxylic acids is 1. The summed E-state index contributed by atoms with van der Waals surface area (Å²) in [6.45, 7) is 2.85. The summed E-state index contributed by atoms with van der Waals surface area (Å²) in [7, 11) is 1.49. The van der Waals surface area contributed by atoms with E-state index in [1.165, 1.54) is 13.2 Å². The molecule has 2 saturated heterocycles. The van der Waals surface area contributed by atoms with Gasteiger partial charge in [-0.15, -0.1) is 0 Å². The third-order valence-electron chi connectivity index (χ3n) is 7.30. The van der Waals surface area contributed by atoms with Crippen molar-refractivity contribution in [2.45, 2.75) is 18.6 Å². The minimum absolute atomic E-state index is 0.138. The molecule has 37 heavy (non-hydrogen) atoms. The van der Waals surface area contributed by atoms with Crippen LogP contribution in [-0.2, 0) is 4.74 Å². The van der Waals surface area contributed by atoms with Crippen LogP contribution >= 0.6 is 0 Å². The number of aliphatic hydroxyl groups is 1. The Morgan fingerprint density at radius 1 is 1.14 bits per heavy atom. The second-order valence-electron chi connectivity index (χ2n) is 9.57. The molecule has 6 rings (SSSR count). The third kappa shape index (κ3) is 4.51. The topological polar surface area (TPSA) is 93.6 Å². The number of amides is 1. The average Bonchev–Trinajstić information content (AvgIpc) is 2.91. The van der Waals surface area contributed by atoms with E-state index in [1.54, 1.807) is 23.1 Å². The van der Waals surface area contributed by atoms with E-state index in [1.807, 2.05) is 23.1 Å². The number of aromatic nitrogens is 1. The summed E-state index contributed by atoms with van der Waals surface area (Å²) in [6, 6.07) is 11.9. The molecule has 3 aliphatic heterocycles. The minimum atomic E-state index is -1.10. The van der Waals surface area contributed by atoms with Crippen LogP contribution in [0.2, 0.25) is 0 Å². The van der Waals surface area contributed by atoms with Crippen LogP contribution in [0, 0.1) is 11.7 Å². The van der Waals surface area contributed by atoms with Crippen LogP contribution in [0.3, 0.4) is 0 Å². The fourth-order valence-corrected chi connectivity index (χ4v) is 5.38. The fourth-order valence-electron chi connectivity index (χ4n) is 5.38. The Hall–Kier alpha value is -3.63. The minimum Gasteiger partial charge on any atom is -0.486 e. The highest BCUT2D eigenvalue weighted by Crippen LogP contribution is 2.37. The number of hydrogen-bond donors (Lipinski definition) is 1. The Labute approximate surface area is 213 Å². The van der Waals surface area contributed by atoms with Crippen LogP contribution in [0.15, 0.2) is 42.5 Å². The van der Waals surface area contributed by atoms with Crippen molar-refractivity contribution in [1.82, 2.24) is 9.88 Å². The molecule has 2 fully saturated rings. The Kier molecular flexibility index (Phi) is 6.21. The molecule has 2 aromatic carbocycles. The quantitative estimate of drug-likeness (QED) is 0.559. The monoisotopic (exact) mass is 509 g/mol. The van der Waals surface area contributed by atoms with Crippen LogP contribution < -0.4 is 19.1 Å². The molecule has 1 amide bonds. The van der Waals surface area contributed by atoms with Gasteiger partial charge in [-0.2, -0.15) is 0 Å². The number of rotatable bonds is 5. The first-order valence-electron chi connectivity index (χ1n) is 12.4. The smallest absolute Gasteiger partial charge is 0.414 e. The Morgan fingerprint density at radius 2 is 1.95 bits per heavy atom. The Bertz CT molecular complexity index is 1340. The number of aliphatic hydroxyl groups excluding tert-OH is 1. The zero-order valence-electron chi connectivity index (χ0n) is 20.4. The van der Waals surface area contributed by atoms with Gasteiger partial charge in [-0.3, -0.25) is 9.80 Å². The van der Waals surface area contributed by atoms with E-state index in [0.717, 1.165) is 11.8 Å². The van der Waals surface area contributed by atoms with E-state index in [4.69, 9.17) is 18.9 Å². The zero-order chi connectivity index (χ0) is 25.5. The number of piperidine rings is 1. The average molecular weight is 510 g/mol. The summed E-state index contributed by atoms with van der Waals surface area (Å²) in [5.41, 5.74) is 1.23. The molecule has 2 unspecified atom stereocenters. The third-order valence-corrected chi connectivity index (χ3v) is 7.30. The molecule has 0 spiro atoms. The lowest BCUT2D eigenvalue weighted by atomic mass is 9.91. The first-order valence-corrected chi connectivity index (χ1v) is 12.4. The number of β-amino-alcohol motifs (C(OH)–C–C–N with tert-alkyl or cyclic N) is 1. The van der Waals surface area contributed by atoms with Gasteiger partial charge in [0.25, 0.3) is 0 Å². The molecule has 3 aliphatic rings. The molecule has 194 valence electrons. The number of pyridine rings is 1. The van der Waals surface area contributed by atoms with E-state index in [2.05, 4.69) is 4.98 Å². The lowest BCUT2D eigenvalue weighted by Crippen LogP contribution is -2.56. The Balaban J connectivity index is 1.14. The molecular formula is C27H28FN3O6. The van der Waals surface area contributed by atoms with Crippen molar-refractivity contribution in [3.8, 4) is 17.4 Å². The summed E-state index contributed by atoms with van der Waals surface area (Å²) in [6.07, 6.45) is -1.06. The first kappa shape index (κ1) is 23.7. The van der Waals surface area contributed by atoms with Gasteiger partial charge in [-0.05, 0) is 43.3 Å². The molecule has 1 aromatic heterocycles. The lowest BCUT2D eigenvalue weighted by Gasteiger charge is -2.44. The van der Waals surface area contributed by atoms with Gasteiger partial charge in [0.1, 0.15) is 25.1 Å². The highest BCUT2D eigenvalue weighted by Gasteiger charge is 2.40. The maximum Gasteiger partial charge on any atom is 0.414 e. The SMILES string of the molecule is COc1ccc2ccc(F)c(C(O)CN3CC[C@@H]4CN(c5ccc6c(c5)OCCO6)C(=O)OC4C3)c2n1. The van der Waals surface area contributed by atoms with Crippen molar-refractivity contribution < 1.29 is 33.2 Å². The molecule has 0 radical (unpaired) electrons. The highest BCUT2D eigenvalue weighted by atomic mass is 19.1. The van der Waals surface area contributed by atoms with Gasteiger partial charge in [-0.1, -0.05) is 0 Å². The van der Waals surface area contributed by atoms with Gasteiger partial charge in [0.2, 0.25) is 5.88 Å². The van der Waals surface area contributed by atoms with Crippen molar-refractivity contribution in [3.63, 3.8) is 0 Å². The number of carbonyl (C=O) groups is 1. The number of ether oxygens (including phenoxy) is 4. The number of halogens is 1. The van der Waals surface area contributed by atoms with Crippen molar-refractivity contribution in [2.75, 3.05) is 51.4 Å². The van der Waals surface area contributed by atoms with Crippen molar-refractivity contribution in [1.29, 1.82) is 0 Å². The largest absolute Gasteiger partial charge is 0.486 e. The van der Waals surface area contributed by atoms with Gasteiger partial charge in [0.15, 0.2) is 11.5 Å². The Morgan fingerprint density at radius 3 is 2.78 bits per heavy atom. The molecule has 3 atom stereocenters. The van der Waals surface area contributed by atoms with E-state index in [9.17, 15) is 14.3 Å². The maximum atomic E-state index is 14.8. The maximum absolute atomic E-state index is 14.8. The standard InChI is InChI=1S/C27H28FN3O6/c1-34-24-7-3-16-2-5-19(28)25(26(16)29-24)20(32)14-30-9-8-17-13-31(27(33)37-23(17)15-30)18-4-6-21-22(12-18)36-11-10-35-21/h2-7,12,17,20,23,32H,8-11,13-15H2,1H3/t17-,20?,23?/m1/s1. The van der Waals surface area contributed by atoms with Gasteiger partial charge >= 0.3 is 6.09 Å². The van der Waals surface area contributed by atoms with E-state index >= 15 is 0 Å². The number of likely N-dealkylation sites (tertiary alicyclic amines) is 1. The van der Waals surface area contributed by atoms with Crippen LogP contribution in [0.1, 0.15) is 18.1 Å². The van der Waals surface area contributed by atoms with Gasteiger partial charge in [0, 0.05) is 48.6 Å². The fraction of sp³-hybridized carbons (Fsp3) is 0.407. The molecule has 9 nitrogen and oxygen atoms in total. The second kappa shape index (κ2) is 9.68. The molecule has 0 saturated carbocycles. The number of hydrogen-bond acceptors (Lipinski definition) is 8. The normalized spacial score (nSPS) is 22.4. The molecule has 3 aromatic rings. The van der Waals surface area contributed by atoms with Crippen molar-refractivity contribution in [2.24, 2.45) is 5.92 Å². The highest BCUT2D eigenvalue weighted by molar-refractivity contribution is 5.89. The van der Waals surface area contributed by atoms with Crippen LogP contribution in [0.4, 0.5) is 14.9 Å². The molecule has 4 heterocycles. The van der Waals surface area contributed by atoms with E-state index in [-0.39, 0.29) is 24.1 Å². The van der Waals surface area contributed by atoms with Gasteiger partial charge < -0.3 is 24.1 Å². The summed E-state index contributed by atoms with van der Waals surface area (Å²) in [4.78, 5) is 20.9. The number of benzene rings is 2. The van der Waals surface area contributed by atoms with Crippen molar-refractivity contribution in [3.05, 3.63) is 53.8 Å². The lowest BCUT2D eigenvalue weighted by molar-refractivity contribution is -0.0188. The molecule has 1 N–H and O–H groups in total. The van der Waals surface area contributed by atoms with Crippen LogP contribution in [0.5, 0.6) is 17.4 Å². The molecule has 0 bridgehead atoms. The first-order chi connectivity index (χ1) is 18.0. The van der Waals surface area contributed by atoms with Crippen LogP contribution in [-0.4, -0.2) is 73.7 Å². The molecular weight excluding hydrogens is 481 g/mol. The van der Waals surface area contributed by atoms with Crippen LogP contribution in [0.25, 0.3) is 10.9 Å². The summed E-state index contributed by atoms with van der Waals surface area (Å²) < 4.78 is 37.1. The number of methoxy groups -OCH3 is 1. The van der Waals surface area contributed by atoms with E-state index in [0.29, 0.717) is 61.4 Å². The van der Waals surface area contributed by atoms with Gasteiger partial charge in [0.05, 0.1) is 24.4 Å². The summed E-state index contributed by atoms with van der Waals surface area (Å²) in [5, 5.41) is 11.8. The number of fused-ring (bicyclic) bond motifs is 3. The predicted octanol–water partition coefficient (Wildman–Crippen LogP) is 3.53. The zero-order valence-corrected chi connectivity index (χ0v) is 20.4. The van der Waals surface area contributed by atoms with Gasteiger partial charge in [-0.25, -0.2) is 14.2 Å². The summed E-state index contributed by atoms with van der Waals surface area (Å²) >= 11 is 0. The number of anilines is 1. The van der Waals surface area contributed by atoms with Crippen molar-refractivity contribution >= 4 is 22.7 Å². The number of nitrogens with zero attached hydrogens (tertiary/aromatic N) is 3. The molecule has 10 heteroatoms. The van der Waals surface area contributed by atoms with E-state index < -0.39 is 18.0 Å². The summed E-state index contributed by atoms with van der Waals surface area (Å²) in [5.74, 6) is 1.26.